The summed E-state index contributed by atoms with van der Waals surface area (Å²) in [5.74, 6) is -2.49. The van der Waals surface area contributed by atoms with Crippen LogP contribution in [0.2, 0.25) is 0 Å². The second-order valence-corrected chi connectivity index (χ2v) is 5.92. The molecular formula is C17H14F4N2O3. The van der Waals surface area contributed by atoms with Gasteiger partial charge in [0.25, 0.3) is 0 Å². The normalized spacial score (nSPS) is 20.9. The summed E-state index contributed by atoms with van der Waals surface area (Å²) < 4.78 is 52.1. The molecule has 1 fully saturated rings. The number of nitrogens with zero attached hydrogens (tertiary/aromatic N) is 2. The highest BCUT2D eigenvalue weighted by molar-refractivity contribution is 5.96. The number of carboxylic acid groups (broad SMARTS) is 1. The predicted molar refractivity (Wildman–Crippen MR) is 84.6 cm³/mol. The van der Waals surface area contributed by atoms with E-state index in [0.29, 0.717) is 5.69 Å². The highest BCUT2D eigenvalue weighted by Crippen LogP contribution is 2.36. The second-order valence-electron chi connectivity index (χ2n) is 5.92. The Morgan fingerprint density at radius 1 is 1.23 bits per heavy atom. The van der Waals surface area contributed by atoms with Gasteiger partial charge in [0.1, 0.15) is 5.83 Å². The third-order valence-corrected chi connectivity index (χ3v) is 4.31. The molecule has 2 amide bonds. The van der Waals surface area contributed by atoms with Crippen LogP contribution in [0.25, 0.3) is 0 Å². The van der Waals surface area contributed by atoms with Crippen LogP contribution in [0.4, 0.5) is 28.0 Å². The fourth-order valence-electron chi connectivity index (χ4n) is 3.03. The van der Waals surface area contributed by atoms with Crippen molar-refractivity contribution in [2.45, 2.75) is 18.6 Å². The number of allylic oxidation sites excluding steroid dienone is 2. The molecule has 1 aromatic carbocycles. The van der Waals surface area contributed by atoms with Gasteiger partial charge in [-0.15, -0.1) is 0 Å². The second kappa shape index (κ2) is 6.47. The summed E-state index contributed by atoms with van der Waals surface area (Å²) in [6.07, 6.45) is -3.34. The van der Waals surface area contributed by atoms with Gasteiger partial charge in [-0.3, -0.25) is 4.90 Å². The molecule has 1 aliphatic carbocycles. The molecule has 5 nitrogen and oxygen atoms in total. The van der Waals surface area contributed by atoms with Crippen molar-refractivity contribution in [3.8, 4) is 0 Å². The number of rotatable bonds is 3. The van der Waals surface area contributed by atoms with Gasteiger partial charge < -0.3 is 10.0 Å². The van der Waals surface area contributed by atoms with E-state index in [1.807, 2.05) is 0 Å². The molecule has 2 aliphatic rings. The van der Waals surface area contributed by atoms with Crippen LogP contribution in [0.15, 0.2) is 47.8 Å². The minimum atomic E-state index is -4.84. The molecule has 26 heavy (non-hydrogen) atoms. The Bertz CT molecular complexity index is 816. The Labute approximate surface area is 145 Å². The van der Waals surface area contributed by atoms with Gasteiger partial charge in [0, 0.05) is 18.8 Å². The summed E-state index contributed by atoms with van der Waals surface area (Å²) in [7, 11) is 0. The number of anilines is 1. The topological polar surface area (TPSA) is 60.9 Å². The van der Waals surface area contributed by atoms with Gasteiger partial charge in [-0.25, -0.2) is 14.0 Å². The summed E-state index contributed by atoms with van der Waals surface area (Å²) in [4.78, 5) is 26.2. The Hall–Kier alpha value is -2.84. The van der Waals surface area contributed by atoms with Gasteiger partial charge in [-0.05, 0) is 36.8 Å². The number of carbonyl (C=O) groups is 2. The van der Waals surface area contributed by atoms with Crippen molar-refractivity contribution >= 4 is 17.7 Å². The molecule has 1 aliphatic heterocycles. The van der Waals surface area contributed by atoms with Crippen molar-refractivity contribution in [2.75, 3.05) is 18.0 Å². The fraction of sp³-hybridized carbons (Fsp3) is 0.294. The van der Waals surface area contributed by atoms with Gasteiger partial charge >= 0.3 is 18.2 Å². The van der Waals surface area contributed by atoms with Crippen LogP contribution in [0.1, 0.15) is 16.8 Å². The first-order valence-electron chi connectivity index (χ1n) is 7.75. The molecule has 0 spiro atoms. The van der Waals surface area contributed by atoms with Gasteiger partial charge in [-0.2, -0.15) is 13.2 Å². The SMILES string of the molecule is O=C(O)c1cccc(N2CCN(C3C=C(C(F)(F)F)C(F)=CC3)C2=O)c1. The third-order valence-electron chi connectivity index (χ3n) is 4.31. The third kappa shape index (κ3) is 3.29. The Balaban J connectivity index is 1.83. The van der Waals surface area contributed by atoms with E-state index in [2.05, 4.69) is 0 Å². The van der Waals surface area contributed by atoms with E-state index < -0.39 is 35.6 Å². The number of benzene rings is 1. The number of carboxylic acids is 1. The van der Waals surface area contributed by atoms with Gasteiger partial charge in [0.15, 0.2) is 0 Å². The molecule has 9 heteroatoms. The van der Waals surface area contributed by atoms with Crippen LogP contribution in [-0.2, 0) is 0 Å². The summed E-state index contributed by atoms with van der Waals surface area (Å²) >= 11 is 0. The van der Waals surface area contributed by atoms with E-state index in [4.69, 9.17) is 5.11 Å². The quantitative estimate of drug-likeness (QED) is 0.825. The van der Waals surface area contributed by atoms with Crippen LogP contribution in [0.5, 0.6) is 0 Å². The molecule has 0 radical (unpaired) electrons. The Morgan fingerprint density at radius 3 is 2.62 bits per heavy atom. The van der Waals surface area contributed by atoms with E-state index >= 15 is 0 Å². The lowest BCUT2D eigenvalue weighted by atomic mass is 10.00. The van der Waals surface area contributed by atoms with Crippen molar-refractivity contribution in [1.29, 1.82) is 0 Å². The summed E-state index contributed by atoms with van der Waals surface area (Å²) in [5.41, 5.74) is -1.04. The zero-order chi connectivity index (χ0) is 19.1. The highest BCUT2D eigenvalue weighted by Gasteiger charge is 2.41. The van der Waals surface area contributed by atoms with Crippen LogP contribution in [0.3, 0.4) is 0 Å². The molecule has 1 heterocycles. The summed E-state index contributed by atoms with van der Waals surface area (Å²) in [6.45, 7) is 0.345. The molecule has 138 valence electrons. The monoisotopic (exact) mass is 370 g/mol. The molecule has 0 bridgehead atoms. The number of aromatic carboxylic acids is 1. The van der Waals surface area contributed by atoms with Crippen LogP contribution >= 0.6 is 0 Å². The lowest BCUT2D eigenvalue weighted by Gasteiger charge is -2.28. The summed E-state index contributed by atoms with van der Waals surface area (Å²) in [6, 6.07) is 4.26. The molecular weight excluding hydrogens is 356 g/mol. The van der Waals surface area contributed by atoms with Gasteiger partial charge in [0.2, 0.25) is 0 Å². The molecule has 0 saturated carbocycles. The van der Waals surface area contributed by atoms with Crippen molar-refractivity contribution in [1.82, 2.24) is 4.90 Å². The number of amides is 2. The van der Waals surface area contributed by atoms with Gasteiger partial charge in [-0.1, -0.05) is 6.07 Å². The maximum atomic E-state index is 13.5. The minimum Gasteiger partial charge on any atom is -0.478 e. The lowest BCUT2D eigenvalue weighted by molar-refractivity contribution is -0.0919. The van der Waals surface area contributed by atoms with E-state index in [1.165, 1.54) is 28.0 Å². The number of halogens is 4. The zero-order valence-corrected chi connectivity index (χ0v) is 13.3. The average Bonchev–Trinajstić information content (AvgIpc) is 2.96. The number of alkyl halides is 3. The Morgan fingerprint density at radius 2 is 1.96 bits per heavy atom. The minimum absolute atomic E-state index is 0.00401. The smallest absolute Gasteiger partial charge is 0.418 e. The van der Waals surface area contributed by atoms with E-state index in [1.54, 1.807) is 6.07 Å². The first-order valence-corrected chi connectivity index (χ1v) is 7.75. The van der Waals surface area contributed by atoms with Gasteiger partial charge in [0.05, 0.1) is 17.2 Å². The zero-order valence-electron chi connectivity index (χ0n) is 13.3. The first-order chi connectivity index (χ1) is 12.2. The lowest BCUT2D eigenvalue weighted by Crippen LogP contribution is -2.39. The highest BCUT2D eigenvalue weighted by atomic mass is 19.4. The first kappa shape index (κ1) is 18.0. The van der Waals surface area contributed by atoms with Crippen molar-refractivity contribution in [3.63, 3.8) is 0 Å². The molecule has 1 aromatic rings. The van der Waals surface area contributed by atoms with E-state index in [-0.39, 0.29) is 25.1 Å². The predicted octanol–water partition coefficient (Wildman–Crippen LogP) is 3.74. The Kier molecular flexibility index (Phi) is 4.47. The van der Waals surface area contributed by atoms with Crippen LogP contribution < -0.4 is 4.90 Å². The van der Waals surface area contributed by atoms with E-state index in [0.717, 1.165) is 12.2 Å². The molecule has 1 N–H and O–H groups in total. The molecule has 1 unspecified atom stereocenters. The fourth-order valence-corrected chi connectivity index (χ4v) is 3.03. The maximum Gasteiger partial charge on any atom is 0.418 e. The number of carbonyl (C=O) groups excluding carboxylic acids is 1. The van der Waals surface area contributed by atoms with Crippen molar-refractivity contribution in [2.24, 2.45) is 0 Å². The standard InChI is InChI=1S/C17H14F4N2O3/c18-14-5-4-12(9-13(14)17(19,20)21)23-7-6-22(16(23)26)11-3-1-2-10(8-11)15(24)25/h1-3,5,8-9,12H,4,6-7H2,(H,24,25). The average molecular weight is 370 g/mol. The molecule has 3 rings (SSSR count). The number of hydrogen-bond donors (Lipinski definition) is 1. The molecule has 1 saturated heterocycles. The maximum absolute atomic E-state index is 13.5. The van der Waals surface area contributed by atoms with Crippen molar-refractivity contribution in [3.05, 3.63) is 53.4 Å². The van der Waals surface area contributed by atoms with Crippen molar-refractivity contribution < 1.29 is 32.3 Å². The van der Waals surface area contributed by atoms with Crippen LogP contribution in [-0.4, -0.2) is 47.3 Å². The molecule has 0 aromatic heterocycles. The summed E-state index contributed by atoms with van der Waals surface area (Å²) in [5, 5.41) is 9.03. The van der Waals surface area contributed by atoms with E-state index in [9.17, 15) is 27.2 Å². The molecule has 1 atom stereocenters. The number of hydrogen-bond acceptors (Lipinski definition) is 2. The van der Waals surface area contributed by atoms with Crippen LogP contribution in [0, 0.1) is 0 Å². The largest absolute Gasteiger partial charge is 0.478 e. The number of urea groups is 1.